The van der Waals surface area contributed by atoms with E-state index in [-0.39, 0.29) is 30.0 Å². The molecule has 1 aliphatic rings. The lowest BCUT2D eigenvalue weighted by Gasteiger charge is -2.40. The molecule has 0 aromatic heterocycles. The molecule has 0 spiro atoms. The average Bonchev–Trinajstić information content (AvgIpc) is 2.62. The lowest BCUT2D eigenvalue weighted by atomic mass is 10.0. The van der Waals surface area contributed by atoms with Crippen molar-refractivity contribution in [2.75, 3.05) is 26.7 Å². The van der Waals surface area contributed by atoms with Crippen molar-refractivity contribution in [1.82, 2.24) is 9.80 Å². The van der Waals surface area contributed by atoms with Gasteiger partial charge in [0.2, 0.25) is 5.91 Å². The molecule has 132 valence electrons. The molecule has 0 bridgehead atoms. The van der Waals surface area contributed by atoms with Crippen LogP contribution in [0.25, 0.3) is 0 Å². The maximum Gasteiger partial charge on any atom is 0.223 e. The largest absolute Gasteiger partial charge is 0.339 e. The minimum Gasteiger partial charge on any atom is -0.339 e. The summed E-state index contributed by atoms with van der Waals surface area (Å²) >= 11 is 0. The normalized spacial score (nSPS) is 18.4. The first-order valence-corrected chi connectivity index (χ1v) is 8.52. The van der Waals surface area contributed by atoms with E-state index in [0.29, 0.717) is 37.2 Å². The van der Waals surface area contributed by atoms with E-state index in [1.165, 1.54) is 12.1 Å². The first-order valence-electron chi connectivity index (χ1n) is 8.52. The van der Waals surface area contributed by atoms with Crippen molar-refractivity contribution in [1.29, 1.82) is 0 Å². The highest BCUT2D eigenvalue weighted by Crippen LogP contribution is 2.26. The van der Waals surface area contributed by atoms with Crippen LogP contribution >= 0.6 is 0 Å². The minimum atomic E-state index is -0.280. The Morgan fingerprint density at radius 2 is 1.72 bits per heavy atom. The summed E-state index contributed by atoms with van der Waals surface area (Å²) in [7, 11) is 1.94. The first kappa shape index (κ1) is 17.5. The first-order chi connectivity index (χ1) is 12.1. The van der Waals surface area contributed by atoms with E-state index in [1.807, 2.05) is 13.1 Å². The maximum absolute atomic E-state index is 14.1. The molecule has 3 rings (SSSR count). The molecule has 1 atom stereocenters. The van der Waals surface area contributed by atoms with Crippen LogP contribution in [-0.2, 0) is 11.2 Å². The van der Waals surface area contributed by atoms with Crippen molar-refractivity contribution in [3.63, 3.8) is 0 Å². The number of hydrogen-bond acceptors (Lipinski definition) is 2. The number of piperazine rings is 1. The molecule has 1 fully saturated rings. The Bertz CT molecular complexity index is 750. The Morgan fingerprint density at radius 1 is 1.04 bits per heavy atom. The SMILES string of the molecule is CN1CCN(C(=O)CCc2ccccc2F)CC1c1ccccc1F. The molecule has 1 unspecified atom stereocenters. The molecule has 0 radical (unpaired) electrons. The van der Waals surface area contributed by atoms with Crippen molar-refractivity contribution in [2.24, 2.45) is 0 Å². The molecule has 1 amide bonds. The van der Waals surface area contributed by atoms with Crippen molar-refractivity contribution < 1.29 is 13.6 Å². The lowest BCUT2D eigenvalue weighted by Crippen LogP contribution is -2.49. The van der Waals surface area contributed by atoms with Gasteiger partial charge in [-0.2, -0.15) is 0 Å². The van der Waals surface area contributed by atoms with E-state index in [0.717, 1.165) is 0 Å². The second kappa shape index (κ2) is 7.74. The number of carbonyl (C=O) groups excluding carboxylic acids is 1. The van der Waals surface area contributed by atoms with Crippen molar-refractivity contribution in [3.05, 3.63) is 71.3 Å². The molecular formula is C20H22F2N2O. The van der Waals surface area contributed by atoms with E-state index < -0.39 is 0 Å². The van der Waals surface area contributed by atoms with Gasteiger partial charge in [0.1, 0.15) is 11.6 Å². The third kappa shape index (κ3) is 4.04. The van der Waals surface area contributed by atoms with Crippen molar-refractivity contribution >= 4 is 5.91 Å². The smallest absolute Gasteiger partial charge is 0.223 e. The second-order valence-corrected chi connectivity index (χ2v) is 6.45. The molecule has 2 aromatic carbocycles. The summed E-state index contributed by atoms with van der Waals surface area (Å²) in [6.45, 7) is 1.75. The van der Waals surface area contributed by atoms with Gasteiger partial charge in [-0.15, -0.1) is 0 Å². The van der Waals surface area contributed by atoms with Gasteiger partial charge < -0.3 is 4.90 Å². The van der Waals surface area contributed by atoms with Gasteiger partial charge in [0, 0.05) is 31.6 Å². The molecule has 0 N–H and O–H groups in total. The maximum atomic E-state index is 14.1. The number of likely N-dealkylation sites (N-methyl/N-ethyl adjacent to an activating group) is 1. The fraction of sp³-hybridized carbons (Fsp3) is 0.350. The summed E-state index contributed by atoms with van der Waals surface area (Å²) in [5.41, 5.74) is 1.16. The standard InChI is InChI=1S/C20H22F2N2O/c1-23-12-13-24(14-19(23)16-7-3-5-9-18(16)22)20(25)11-10-15-6-2-4-8-17(15)21/h2-9,19H,10-14H2,1H3. The van der Waals surface area contributed by atoms with E-state index in [1.54, 1.807) is 35.2 Å². The summed E-state index contributed by atoms with van der Waals surface area (Å²) in [5.74, 6) is -0.546. The van der Waals surface area contributed by atoms with Crippen molar-refractivity contribution in [3.8, 4) is 0 Å². The number of halogens is 2. The second-order valence-electron chi connectivity index (χ2n) is 6.45. The molecular weight excluding hydrogens is 322 g/mol. The summed E-state index contributed by atoms with van der Waals surface area (Å²) in [6, 6.07) is 13.1. The summed E-state index contributed by atoms with van der Waals surface area (Å²) in [4.78, 5) is 16.4. The molecule has 2 aromatic rings. The van der Waals surface area contributed by atoms with Crippen LogP contribution in [0.2, 0.25) is 0 Å². The molecule has 0 saturated carbocycles. The highest BCUT2D eigenvalue weighted by atomic mass is 19.1. The van der Waals surface area contributed by atoms with Gasteiger partial charge in [-0.25, -0.2) is 8.78 Å². The van der Waals surface area contributed by atoms with Crippen LogP contribution < -0.4 is 0 Å². The fourth-order valence-electron chi connectivity index (χ4n) is 3.28. The predicted octanol–water partition coefficient (Wildman–Crippen LogP) is 3.41. The molecule has 25 heavy (non-hydrogen) atoms. The molecule has 3 nitrogen and oxygen atoms in total. The highest BCUT2D eigenvalue weighted by molar-refractivity contribution is 5.76. The Hall–Kier alpha value is -2.27. The number of benzene rings is 2. The van der Waals surface area contributed by atoms with Gasteiger partial charge in [-0.3, -0.25) is 9.69 Å². The third-order valence-electron chi connectivity index (χ3n) is 4.83. The van der Waals surface area contributed by atoms with E-state index in [4.69, 9.17) is 0 Å². The lowest BCUT2D eigenvalue weighted by molar-refractivity contribution is -0.134. The third-order valence-corrected chi connectivity index (χ3v) is 4.83. The average molecular weight is 344 g/mol. The molecule has 0 aliphatic carbocycles. The summed E-state index contributed by atoms with van der Waals surface area (Å²) < 4.78 is 27.8. The monoisotopic (exact) mass is 344 g/mol. The summed E-state index contributed by atoms with van der Waals surface area (Å²) in [5, 5.41) is 0. The van der Waals surface area contributed by atoms with E-state index in [9.17, 15) is 13.6 Å². The van der Waals surface area contributed by atoms with Crippen LogP contribution in [0.1, 0.15) is 23.6 Å². The number of aryl methyl sites for hydroxylation is 1. The molecule has 1 aliphatic heterocycles. The van der Waals surface area contributed by atoms with Crippen molar-refractivity contribution in [2.45, 2.75) is 18.9 Å². The van der Waals surface area contributed by atoms with Crippen LogP contribution in [0.4, 0.5) is 8.78 Å². The van der Waals surface area contributed by atoms with Crippen LogP contribution in [0.5, 0.6) is 0 Å². The molecule has 1 heterocycles. The quantitative estimate of drug-likeness (QED) is 0.849. The van der Waals surface area contributed by atoms with Crippen LogP contribution in [0, 0.1) is 11.6 Å². The van der Waals surface area contributed by atoms with Gasteiger partial charge in [0.05, 0.1) is 6.04 Å². The zero-order valence-corrected chi connectivity index (χ0v) is 14.3. The Balaban J connectivity index is 1.65. The summed E-state index contributed by atoms with van der Waals surface area (Å²) in [6.07, 6.45) is 0.636. The van der Waals surface area contributed by atoms with Gasteiger partial charge >= 0.3 is 0 Å². The van der Waals surface area contributed by atoms with Gasteiger partial charge in [0.25, 0.3) is 0 Å². The Labute approximate surface area is 146 Å². The Morgan fingerprint density at radius 3 is 2.44 bits per heavy atom. The molecule has 5 heteroatoms. The number of carbonyl (C=O) groups is 1. The minimum absolute atomic E-state index is 0.0160. The van der Waals surface area contributed by atoms with Gasteiger partial charge in [0.15, 0.2) is 0 Å². The van der Waals surface area contributed by atoms with Crippen LogP contribution in [-0.4, -0.2) is 42.4 Å². The number of rotatable bonds is 4. The van der Waals surface area contributed by atoms with E-state index in [2.05, 4.69) is 4.90 Å². The van der Waals surface area contributed by atoms with Gasteiger partial charge in [-0.05, 0) is 31.2 Å². The van der Waals surface area contributed by atoms with Crippen LogP contribution in [0.15, 0.2) is 48.5 Å². The highest BCUT2D eigenvalue weighted by Gasteiger charge is 2.29. The number of nitrogens with zero attached hydrogens (tertiary/aromatic N) is 2. The Kier molecular flexibility index (Phi) is 5.43. The topological polar surface area (TPSA) is 23.6 Å². The number of hydrogen-bond donors (Lipinski definition) is 0. The zero-order valence-electron chi connectivity index (χ0n) is 14.3. The van der Waals surface area contributed by atoms with E-state index >= 15 is 0 Å². The number of amides is 1. The molecule has 1 saturated heterocycles. The zero-order chi connectivity index (χ0) is 17.8. The van der Waals surface area contributed by atoms with Gasteiger partial charge in [-0.1, -0.05) is 36.4 Å². The van der Waals surface area contributed by atoms with Crippen LogP contribution in [0.3, 0.4) is 0 Å². The predicted molar refractivity (Wildman–Crippen MR) is 93.1 cm³/mol. The fourth-order valence-corrected chi connectivity index (χ4v) is 3.28.